The van der Waals surface area contributed by atoms with Crippen molar-refractivity contribution in [1.29, 1.82) is 0 Å². The molecule has 2 aliphatic carbocycles. The number of fused-ring (bicyclic) bond motifs is 2. The minimum Gasteiger partial charge on any atom is -0.281 e. The minimum atomic E-state index is -5.82. The zero-order valence-corrected chi connectivity index (χ0v) is 12.0. The summed E-state index contributed by atoms with van der Waals surface area (Å²) in [6, 6.07) is 0. The lowest BCUT2D eigenvalue weighted by atomic mass is 9.96. The van der Waals surface area contributed by atoms with Crippen LogP contribution in [0.2, 0.25) is 0 Å². The van der Waals surface area contributed by atoms with Crippen molar-refractivity contribution in [2.75, 3.05) is 6.61 Å². The molecule has 2 aliphatic rings. The van der Waals surface area contributed by atoms with E-state index < -0.39 is 67.9 Å². The summed E-state index contributed by atoms with van der Waals surface area (Å²) in [4.78, 5) is 0. The highest BCUT2D eigenvalue weighted by atomic mass is 32.2. The van der Waals surface area contributed by atoms with Gasteiger partial charge in [-0.15, -0.1) is 0 Å². The van der Waals surface area contributed by atoms with Gasteiger partial charge in [0.2, 0.25) is 0 Å². The summed E-state index contributed by atoms with van der Waals surface area (Å²) in [5.74, 6) is -5.03. The molecule has 0 aromatic heterocycles. The number of hydrogen-bond acceptors (Lipinski definition) is 5. The van der Waals surface area contributed by atoms with Crippen LogP contribution in [0.4, 0.5) is 17.6 Å². The van der Waals surface area contributed by atoms with E-state index in [9.17, 15) is 34.4 Å². The van der Waals surface area contributed by atoms with Gasteiger partial charge in [-0.1, -0.05) is 0 Å². The van der Waals surface area contributed by atoms with Gasteiger partial charge in [-0.3, -0.25) is 8.74 Å². The van der Waals surface area contributed by atoms with Crippen LogP contribution < -0.4 is 0 Å². The molecule has 12 heteroatoms. The molecule has 6 nitrogen and oxygen atoms in total. The average Bonchev–Trinajstić information content (AvgIpc) is 2.80. The van der Waals surface area contributed by atoms with E-state index in [1.165, 1.54) is 0 Å². The minimum absolute atomic E-state index is 0.0467. The van der Waals surface area contributed by atoms with Crippen molar-refractivity contribution in [3.05, 3.63) is 0 Å². The normalized spacial score (nSPS) is 32.5. The zero-order chi connectivity index (χ0) is 16.3. The smallest absolute Gasteiger partial charge is 0.281 e. The van der Waals surface area contributed by atoms with Gasteiger partial charge in [-0.2, -0.15) is 25.6 Å². The third-order valence-electron chi connectivity index (χ3n) is 3.90. The second-order valence-corrected chi connectivity index (χ2v) is 8.67. The van der Waals surface area contributed by atoms with E-state index in [4.69, 9.17) is 4.55 Å². The maximum absolute atomic E-state index is 13.3. The molecule has 2 bridgehead atoms. The van der Waals surface area contributed by atoms with Crippen LogP contribution in [0.15, 0.2) is 0 Å². The summed E-state index contributed by atoms with van der Waals surface area (Å²) in [6.45, 7) is -2.08. The van der Waals surface area contributed by atoms with Crippen molar-refractivity contribution < 1.29 is 43.1 Å². The summed E-state index contributed by atoms with van der Waals surface area (Å²) < 4.78 is 109. The van der Waals surface area contributed by atoms with E-state index in [2.05, 4.69) is 4.18 Å². The summed E-state index contributed by atoms with van der Waals surface area (Å²) in [5.41, 5.74) is 0. The van der Waals surface area contributed by atoms with Crippen LogP contribution in [0.3, 0.4) is 0 Å². The van der Waals surface area contributed by atoms with Crippen LogP contribution in [-0.2, 0) is 24.4 Å². The maximum atomic E-state index is 13.3. The first-order valence-electron chi connectivity index (χ1n) is 5.87. The summed E-state index contributed by atoms with van der Waals surface area (Å²) in [7, 11) is -10.4. The van der Waals surface area contributed by atoms with Gasteiger partial charge in [0.15, 0.2) is 0 Å². The molecule has 2 rings (SSSR count). The first-order valence-corrected chi connectivity index (χ1v) is 8.78. The van der Waals surface area contributed by atoms with Crippen LogP contribution in [0.25, 0.3) is 0 Å². The standard InChI is InChI=1S/C9H12F4O6S2/c10-8(11)3-5-1-6(8)2-7(5)20(14,15)19-4-9(12,13)21(16,17)18/h5-7H,1-4H2,(H,16,17,18). The lowest BCUT2D eigenvalue weighted by molar-refractivity contribution is -0.0512. The second kappa shape index (κ2) is 4.77. The van der Waals surface area contributed by atoms with Crippen LogP contribution in [0.1, 0.15) is 19.3 Å². The molecule has 0 aromatic rings. The summed E-state index contributed by atoms with van der Waals surface area (Å²) in [6.07, 6.45) is -1.13. The van der Waals surface area contributed by atoms with Crippen molar-refractivity contribution in [3.8, 4) is 0 Å². The van der Waals surface area contributed by atoms with Gasteiger partial charge >= 0.3 is 15.4 Å². The molecule has 3 atom stereocenters. The topological polar surface area (TPSA) is 97.7 Å². The summed E-state index contributed by atoms with van der Waals surface area (Å²) in [5, 5.41) is -6.15. The number of halogens is 4. The Morgan fingerprint density at radius 3 is 2.14 bits per heavy atom. The first kappa shape index (κ1) is 16.9. The Morgan fingerprint density at radius 1 is 1.19 bits per heavy atom. The van der Waals surface area contributed by atoms with Gasteiger partial charge in [-0.05, 0) is 18.8 Å². The fourth-order valence-electron chi connectivity index (χ4n) is 2.83. The fraction of sp³-hybridized carbons (Fsp3) is 1.00. The van der Waals surface area contributed by atoms with Crippen molar-refractivity contribution in [2.45, 2.75) is 35.7 Å². The van der Waals surface area contributed by atoms with Crippen LogP contribution >= 0.6 is 0 Å². The lowest BCUT2D eigenvalue weighted by Gasteiger charge is -2.27. The van der Waals surface area contributed by atoms with Crippen molar-refractivity contribution in [1.82, 2.24) is 0 Å². The highest BCUT2D eigenvalue weighted by Gasteiger charge is 2.60. The molecule has 124 valence electrons. The molecule has 1 N–H and O–H groups in total. The van der Waals surface area contributed by atoms with E-state index >= 15 is 0 Å². The van der Waals surface area contributed by atoms with Crippen LogP contribution in [0, 0.1) is 11.8 Å². The van der Waals surface area contributed by atoms with Gasteiger partial charge < -0.3 is 0 Å². The first-order chi connectivity index (χ1) is 9.26. The molecule has 0 amide bonds. The van der Waals surface area contributed by atoms with Crippen molar-refractivity contribution in [3.63, 3.8) is 0 Å². The monoisotopic (exact) mass is 356 g/mol. The lowest BCUT2D eigenvalue weighted by Crippen LogP contribution is -2.39. The Bertz CT molecular complexity index is 629. The van der Waals surface area contributed by atoms with E-state index in [1.807, 2.05) is 0 Å². The Labute approximate surface area is 118 Å². The molecular formula is C9H12F4O6S2. The third kappa shape index (κ3) is 3.03. The molecule has 0 radical (unpaired) electrons. The molecule has 0 heterocycles. The van der Waals surface area contributed by atoms with Crippen molar-refractivity contribution >= 4 is 20.2 Å². The number of alkyl halides is 4. The predicted octanol–water partition coefficient (Wildman–Crippen LogP) is 1.25. The van der Waals surface area contributed by atoms with E-state index in [1.54, 1.807) is 0 Å². The zero-order valence-electron chi connectivity index (χ0n) is 10.4. The average molecular weight is 356 g/mol. The molecule has 3 unspecified atom stereocenters. The number of rotatable bonds is 5. The maximum Gasteiger partial charge on any atom is 0.393 e. The second-order valence-electron chi connectivity index (χ2n) is 5.30. The Kier molecular flexibility index (Phi) is 3.84. The Morgan fingerprint density at radius 2 is 1.76 bits per heavy atom. The molecule has 0 aromatic carbocycles. The summed E-state index contributed by atoms with van der Waals surface area (Å²) >= 11 is 0. The Hall–Kier alpha value is -0.460. The van der Waals surface area contributed by atoms with Gasteiger partial charge in [0, 0.05) is 12.3 Å². The van der Waals surface area contributed by atoms with Crippen LogP contribution in [-0.4, -0.2) is 44.4 Å². The molecule has 21 heavy (non-hydrogen) atoms. The highest BCUT2D eigenvalue weighted by Crippen LogP contribution is 2.55. The molecular weight excluding hydrogens is 344 g/mol. The SMILES string of the molecule is O=S(=O)(OCC(F)(F)S(=O)(=O)O)C1CC2CC1CC2(F)F. The van der Waals surface area contributed by atoms with Crippen molar-refractivity contribution in [2.24, 2.45) is 11.8 Å². The largest absolute Gasteiger partial charge is 0.393 e. The number of hydrogen-bond donors (Lipinski definition) is 1. The molecule has 0 aliphatic heterocycles. The van der Waals surface area contributed by atoms with Gasteiger partial charge in [0.1, 0.15) is 6.61 Å². The molecule has 2 saturated carbocycles. The predicted molar refractivity (Wildman–Crippen MR) is 60.9 cm³/mol. The highest BCUT2D eigenvalue weighted by molar-refractivity contribution is 7.88. The van der Waals surface area contributed by atoms with Gasteiger partial charge in [0.25, 0.3) is 16.0 Å². The molecule has 0 spiro atoms. The van der Waals surface area contributed by atoms with Gasteiger partial charge in [-0.25, -0.2) is 8.78 Å². The van der Waals surface area contributed by atoms with E-state index in [0.29, 0.717) is 0 Å². The quantitative estimate of drug-likeness (QED) is 0.452. The van der Waals surface area contributed by atoms with Crippen LogP contribution in [0.5, 0.6) is 0 Å². The van der Waals surface area contributed by atoms with E-state index in [0.717, 1.165) is 0 Å². The Balaban J connectivity index is 2.06. The van der Waals surface area contributed by atoms with Gasteiger partial charge in [0.05, 0.1) is 5.25 Å². The third-order valence-corrected chi connectivity index (χ3v) is 6.54. The molecule has 2 fully saturated rings. The fourth-order valence-corrected chi connectivity index (χ4v) is 4.74. The molecule has 0 saturated heterocycles. The van der Waals surface area contributed by atoms with E-state index in [-0.39, 0.29) is 6.42 Å².